The van der Waals surface area contributed by atoms with Crippen molar-refractivity contribution in [3.63, 3.8) is 0 Å². The van der Waals surface area contributed by atoms with Crippen molar-refractivity contribution in [2.24, 2.45) is 0 Å². The highest BCUT2D eigenvalue weighted by atomic mass is 19.1. The van der Waals surface area contributed by atoms with Crippen LogP contribution in [0.15, 0.2) is 12.1 Å². The molecule has 0 aliphatic carbocycles. The van der Waals surface area contributed by atoms with Gasteiger partial charge in [0, 0.05) is 19.7 Å². The molecular formula is C13H16F2N2O4. The zero-order valence-electron chi connectivity index (χ0n) is 11.9. The Morgan fingerprint density at radius 1 is 1.43 bits per heavy atom. The van der Waals surface area contributed by atoms with Gasteiger partial charge in [-0.15, -0.1) is 0 Å². The fourth-order valence-corrected chi connectivity index (χ4v) is 1.60. The summed E-state index contributed by atoms with van der Waals surface area (Å²) in [5, 5.41) is 10.6. The molecule has 0 aromatic heterocycles. The summed E-state index contributed by atoms with van der Waals surface area (Å²) in [6.07, 6.45) is -0.0419. The molecule has 21 heavy (non-hydrogen) atoms. The molecule has 0 atom stereocenters. The molecule has 8 heteroatoms. The van der Waals surface area contributed by atoms with Crippen LogP contribution in [0.2, 0.25) is 0 Å². The molecule has 116 valence electrons. The summed E-state index contributed by atoms with van der Waals surface area (Å²) >= 11 is 0. The van der Waals surface area contributed by atoms with Gasteiger partial charge in [0.05, 0.1) is 17.6 Å². The zero-order valence-corrected chi connectivity index (χ0v) is 11.9. The maximum atomic E-state index is 13.9. The SMILES string of the molecule is CC(C)OCCN(C)C(=O)c1c(F)ccc([N+](=O)[O-])c1F. The molecule has 0 fully saturated rings. The van der Waals surface area contributed by atoms with Crippen LogP contribution < -0.4 is 0 Å². The van der Waals surface area contributed by atoms with Crippen molar-refractivity contribution in [1.29, 1.82) is 0 Å². The quantitative estimate of drug-likeness (QED) is 0.597. The maximum Gasteiger partial charge on any atom is 0.305 e. The fraction of sp³-hybridized carbons (Fsp3) is 0.462. The molecule has 0 saturated heterocycles. The molecule has 0 radical (unpaired) electrons. The molecule has 0 N–H and O–H groups in total. The molecule has 0 aliphatic rings. The number of hydrogen-bond acceptors (Lipinski definition) is 4. The Balaban J connectivity index is 2.96. The Labute approximate surface area is 120 Å². The van der Waals surface area contributed by atoms with Crippen molar-refractivity contribution in [2.75, 3.05) is 20.2 Å². The average molecular weight is 302 g/mol. The van der Waals surface area contributed by atoms with Gasteiger partial charge in [-0.05, 0) is 19.9 Å². The summed E-state index contributed by atoms with van der Waals surface area (Å²) < 4.78 is 32.7. The highest BCUT2D eigenvalue weighted by Crippen LogP contribution is 2.24. The van der Waals surface area contributed by atoms with Crippen molar-refractivity contribution >= 4 is 11.6 Å². The first-order valence-corrected chi connectivity index (χ1v) is 6.25. The highest BCUT2D eigenvalue weighted by Gasteiger charge is 2.27. The van der Waals surface area contributed by atoms with Crippen LogP contribution in [0.4, 0.5) is 14.5 Å². The number of nitro benzene ring substituents is 1. The van der Waals surface area contributed by atoms with E-state index < -0.39 is 33.7 Å². The van der Waals surface area contributed by atoms with Crippen molar-refractivity contribution in [1.82, 2.24) is 4.90 Å². The van der Waals surface area contributed by atoms with Crippen molar-refractivity contribution in [2.45, 2.75) is 20.0 Å². The van der Waals surface area contributed by atoms with Gasteiger partial charge in [0.2, 0.25) is 5.82 Å². The monoisotopic (exact) mass is 302 g/mol. The lowest BCUT2D eigenvalue weighted by atomic mass is 10.1. The number of benzene rings is 1. The molecule has 1 aromatic rings. The number of ether oxygens (including phenoxy) is 1. The molecule has 0 saturated carbocycles. The summed E-state index contributed by atoms with van der Waals surface area (Å²) in [4.78, 5) is 22.7. The zero-order chi connectivity index (χ0) is 16.2. The number of nitro groups is 1. The molecular weight excluding hydrogens is 286 g/mol. The first-order chi connectivity index (χ1) is 9.75. The molecule has 0 bridgehead atoms. The number of likely N-dealkylation sites (N-methyl/N-ethyl adjacent to an activating group) is 1. The van der Waals surface area contributed by atoms with Crippen LogP contribution >= 0.6 is 0 Å². The van der Waals surface area contributed by atoms with Crippen molar-refractivity contribution in [3.8, 4) is 0 Å². The summed E-state index contributed by atoms with van der Waals surface area (Å²) in [5.74, 6) is -3.58. The first kappa shape index (κ1) is 17.0. The average Bonchev–Trinajstić information content (AvgIpc) is 2.37. The summed E-state index contributed by atoms with van der Waals surface area (Å²) in [6, 6.07) is 1.39. The maximum absolute atomic E-state index is 13.9. The third-order valence-electron chi connectivity index (χ3n) is 2.71. The Kier molecular flexibility index (Phi) is 5.71. The number of nitrogens with zero attached hydrogens (tertiary/aromatic N) is 2. The van der Waals surface area contributed by atoms with Gasteiger partial charge in [-0.3, -0.25) is 14.9 Å². The van der Waals surface area contributed by atoms with Gasteiger partial charge < -0.3 is 9.64 Å². The molecule has 0 unspecified atom stereocenters. The third kappa shape index (κ3) is 4.19. The van der Waals surface area contributed by atoms with E-state index in [1.807, 2.05) is 13.8 Å². The van der Waals surface area contributed by atoms with Gasteiger partial charge in [0.25, 0.3) is 5.91 Å². The van der Waals surface area contributed by atoms with Crippen LogP contribution in [0.1, 0.15) is 24.2 Å². The van der Waals surface area contributed by atoms with Gasteiger partial charge in [0.1, 0.15) is 11.4 Å². The van der Waals surface area contributed by atoms with Crippen molar-refractivity contribution in [3.05, 3.63) is 39.4 Å². The molecule has 1 aromatic carbocycles. The van der Waals surface area contributed by atoms with E-state index in [0.717, 1.165) is 4.90 Å². The number of amides is 1. The van der Waals surface area contributed by atoms with Gasteiger partial charge in [-0.2, -0.15) is 4.39 Å². The van der Waals surface area contributed by atoms with E-state index in [1.165, 1.54) is 7.05 Å². The van der Waals surface area contributed by atoms with Gasteiger partial charge >= 0.3 is 5.69 Å². The van der Waals surface area contributed by atoms with E-state index in [0.29, 0.717) is 12.1 Å². The minimum atomic E-state index is -1.47. The molecule has 1 rings (SSSR count). The largest absolute Gasteiger partial charge is 0.377 e. The second kappa shape index (κ2) is 7.07. The van der Waals surface area contributed by atoms with Crippen LogP contribution in [0, 0.1) is 21.7 Å². The molecule has 0 aliphatic heterocycles. The third-order valence-corrected chi connectivity index (χ3v) is 2.71. The summed E-state index contributed by atoms with van der Waals surface area (Å²) in [6.45, 7) is 3.92. The Bertz CT molecular complexity index is 549. The topological polar surface area (TPSA) is 72.7 Å². The standard InChI is InChI=1S/C13H16F2N2O4/c1-8(2)21-7-6-16(3)13(18)11-9(14)4-5-10(12(11)15)17(19)20/h4-5,8H,6-7H2,1-3H3. The van der Waals surface area contributed by atoms with E-state index >= 15 is 0 Å². The van der Waals surface area contributed by atoms with Gasteiger partial charge in [-0.1, -0.05) is 0 Å². The fourth-order valence-electron chi connectivity index (χ4n) is 1.60. The van der Waals surface area contributed by atoms with Crippen LogP contribution in [0.5, 0.6) is 0 Å². The number of halogens is 2. The lowest BCUT2D eigenvalue weighted by Crippen LogP contribution is -2.32. The van der Waals surface area contributed by atoms with Crippen LogP contribution in [0.3, 0.4) is 0 Å². The lowest BCUT2D eigenvalue weighted by molar-refractivity contribution is -0.387. The molecule has 6 nitrogen and oxygen atoms in total. The molecule has 0 spiro atoms. The minimum absolute atomic E-state index is 0.0419. The van der Waals surface area contributed by atoms with Crippen LogP contribution in [0.25, 0.3) is 0 Å². The number of carbonyl (C=O) groups is 1. The van der Waals surface area contributed by atoms with E-state index in [4.69, 9.17) is 4.74 Å². The van der Waals surface area contributed by atoms with Crippen molar-refractivity contribution < 1.29 is 23.2 Å². The minimum Gasteiger partial charge on any atom is -0.377 e. The normalized spacial score (nSPS) is 10.8. The highest BCUT2D eigenvalue weighted by molar-refractivity contribution is 5.95. The summed E-state index contributed by atoms with van der Waals surface area (Å²) in [7, 11) is 1.34. The predicted octanol–water partition coefficient (Wildman–Crippen LogP) is 2.37. The number of hydrogen-bond donors (Lipinski definition) is 0. The lowest BCUT2D eigenvalue weighted by Gasteiger charge is -2.18. The Morgan fingerprint density at radius 3 is 2.57 bits per heavy atom. The second-order valence-corrected chi connectivity index (χ2v) is 4.66. The van der Waals surface area contributed by atoms with E-state index in [1.54, 1.807) is 0 Å². The first-order valence-electron chi connectivity index (χ1n) is 6.25. The smallest absolute Gasteiger partial charge is 0.305 e. The number of rotatable bonds is 6. The Hall–Kier alpha value is -2.09. The molecule has 1 amide bonds. The number of carbonyl (C=O) groups excluding carboxylic acids is 1. The second-order valence-electron chi connectivity index (χ2n) is 4.66. The van der Waals surface area contributed by atoms with E-state index in [-0.39, 0.29) is 19.3 Å². The van der Waals surface area contributed by atoms with E-state index in [2.05, 4.69) is 0 Å². The van der Waals surface area contributed by atoms with E-state index in [9.17, 15) is 23.7 Å². The Morgan fingerprint density at radius 2 is 2.05 bits per heavy atom. The predicted molar refractivity (Wildman–Crippen MR) is 71.1 cm³/mol. The van der Waals surface area contributed by atoms with Crippen LogP contribution in [-0.4, -0.2) is 42.0 Å². The van der Waals surface area contributed by atoms with Gasteiger partial charge in [-0.25, -0.2) is 4.39 Å². The molecule has 0 heterocycles. The van der Waals surface area contributed by atoms with Gasteiger partial charge in [0.15, 0.2) is 0 Å². The summed E-state index contributed by atoms with van der Waals surface area (Å²) in [5.41, 5.74) is -1.87. The van der Waals surface area contributed by atoms with Crippen LogP contribution in [-0.2, 0) is 4.74 Å².